The number of anilines is 1. The third-order valence-corrected chi connectivity index (χ3v) is 6.10. The van der Waals surface area contributed by atoms with E-state index in [4.69, 9.17) is 9.97 Å². The number of benzene rings is 1. The molecule has 0 N–H and O–H groups in total. The van der Waals surface area contributed by atoms with Crippen LogP contribution in [0.1, 0.15) is 68.6 Å². The highest BCUT2D eigenvalue weighted by Gasteiger charge is 2.38. The van der Waals surface area contributed by atoms with Crippen molar-refractivity contribution in [2.75, 3.05) is 18.0 Å². The normalized spacial score (nSPS) is 22.1. The monoisotopic (exact) mass is 349 g/mol. The summed E-state index contributed by atoms with van der Waals surface area (Å²) in [6.07, 6.45) is 7.42. The molecule has 1 heterocycles. The molecule has 138 valence electrons. The molecular formula is C23H31N3. The summed E-state index contributed by atoms with van der Waals surface area (Å²) in [6, 6.07) is 10.9. The summed E-state index contributed by atoms with van der Waals surface area (Å²) in [5, 5.41) is 0. The number of aryl methyl sites for hydroxylation is 1. The molecule has 1 aromatic carbocycles. The highest BCUT2D eigenvalue weighted by atomic mass is 15.2. The van der Waals surface area contributed by atoms with Crippen LogP contribution >= 0.6 is 0 Å². The second-order valence-corrected chi connectivity index (χ2v) is 8.36. The largest absolute Gasteiger partial charge is 0.356 e. The smallest absolute Gasteiger partial charge is 0.135 e. The Labute approximate surface area is 157 Å². The quantitative estimate of drug-likeness (QED) is 0.730. The molecule has 2 aromatic rings. The van der Waals surface area contributed by atoms with Gasteiger partial charge in [-0.3, -0.25) is 0 Å². The van der Waals surface area contributed by atoms with Gasteiger partial charge in [-0.1, -0.05) is 37.3 Å². The van der Waals surface area contributed by atoms with Crippen LogP contribution in [-0.4, -0.2) is 23.1 Å². The van der Waals surface area contributed by atoms with Crippen LogP contribution in [-0.2, 0) is 11.8 Å². The molecule has 1 atom stereocenters. The lowest BCUT2D eigenvalue weighted by molar-refractivity contribution is 0.446. The van der Waals surface area contributed by atoms with Gasteiger partial charge in [-0.2, -0.15) is 0 Å². The van der Waals surface area contributed by atoms with Gasteiger partial charge in [0.15, 0.2) is 0 Å². The number of fused-ring (bicyclic) bond motifs is 1. The van der Waals surface area contributed by atoms with E-state index >= 15 is 0 Å². The summed E-state index contributed by atoms with van der Waals surface area (Å²) in [4.78, 5) is 12.5. The molecule has 1 fully saturated rings. The summed E-state index contributed by atoms with van der Waals surface area (Å²) in [7, 11) is 0. The molecule has 0 bridgehead atoms. The highest BCUT2D eigenvalue weighted by Crippen LogP contribution is 2.44. The van der Waals surface area contributed by atoms with Gasteiger partial charge in [0, 0.05) is 24.1 Å². The molecule has 0 radical (unpaired) electrons. The minimum atomic E-state index is -0.00520. The molecule has 0 spiro atoms. The first-order chi connectivity index (χ1) is 12.6. The summed E-state index contributed by atoms with van der Waals surface area (Å²) >= 11 is 0. The summed E-state index contributed by atoms with van der Waals surface area (Å²) in [6.45, 7) is 8.97. The Morgan fingerprint density at radius 1 is 1.15 bits per heavy atom. The number of nitrogens with zero attached hydrogens (tertiary/aromatic N) is 3. The summed E-state index contributed by atoms with van der Waals surface area (Å²) in [5.41, 5.74) is 4.06. The van der Waals surface area contributed by atoms with E-state index in [0.717, 1.165) is 31.1 Å². The third kappa shape index (κ3) is 3.24. The molecule has 0 aliphatic heterocycles. The number of hydrogen-bond donors (Lipinski definition) is 0. The Bertz CT molecular complexity index is 767. The lowest BCUT2D eigenvalue weighted by Crippen LogP contribution is -2.35. The van der Waals surface area contributed by atoms with Gasteiger partial charge in [-0.05, 0) is 63.9 Å². The van der Waals surface area contributed by atoms with Crippen molar-refractivity contribution in [3.05, 3.63) is 53.0 Å². The molecule has 3 heteroatoms. The topological polar surface area (TPSA) is 29.0 Å². The minimum absolute atomic E-state index is 0.00520. The third-order valence-electron chi connectivity index (χ3n) is 6.10. The first-order valence-corrected chi connectivity index (χ1v) is 10.3. The zero-order valence-corrected chi connectivity index (χ0v) is 16.5. The van der Waals surface area contributed by atoms with Crippen LogP contribution in [0.15, 0.2) is 30.3 Å². The average Bonchev–Trinajstić information content (AvgIpc) is 3.46. The van der Waals surface area contributed by atoms with E-state index in [2.05, 4.69) is 56.0 Å². The lowest BCUT2D eigenvalue weighted by Gasteiger charge is -2.38. The van der Waals surface area contributed by atoms with Gasteiger partial charge < -0.3 is 4.90 Å². The van der Waals surface area contributed by atoms with E-state index in [-0.39, 0.29) is 5.41 Å². The maximum absolute atomic E-state index is 5.00. The van der Waals surface area contributed by atoms with Gasteiger partial charge in [0.05, 0.1) is 5.69 Å². The van der Waals surface area contributed by atoms with Crippen molar-refractivity contribution in [3.8, 4) is 0 Å². The zero-order chi connectivity index (χ0) is 18.1. The van der Waals surface area contributed by atoms with Crippen molar-refractivity contribution in [2.45, 2.75) is 64.7 Å². The predicted octanol–water partition coefficient (Wildman–Crippen LogP) is 5.05. The maximum atomic E-state index is 5.00. The molecular weight excluding hydrogens is 318 g/mol. The molecule has 3 nitrogen and oxygen atoms in total. The maximum Gasteiger partial charge on any atom is 0.135 e. The Kier molecular flexibility index (Phi) is 4.73. The van der Waals surface area contributed by atoms with Gasteiger partial charge in [0.2, 0.25) is 0 Å². The zero-order valence-electron chi connectivity index (χ0n) is 16.5. The number of rotatable bonds is 6. The van der Waals surface area contributed by atoms with Crippen LogP contribution in [0.3, 0.4) is 0 Å². The van der Waals surface area contributed by atoms with Crippen LogP contribution in [0.25, 0.3) is 0 Å². The second kappa shape index (κ2) is 7.02. The van der Waals surface area contributed by atoms with Crippen molar-refractivity contribution < 1.29 is 0 Å². The van der Waals surface area contributed by atoms with Gasteiger partial charge in [-0.15, -0.1) is 0 Å². The van der Waals surface area contributed by atoms with E-state index < -0.39 is 0 Å². The van der Waals surface area contributed by atoms with Gasteiger partial charge in [-0.25, -0.2) is 9.97 Å². The van der Waals surface area contributed by atoms with E-state index in [1.807, 2.05) is 0 Å². The summed E-state index contributed by atoms with van der Waals surface area (Å²) < 4.78 is 0. The van der Waals surface area contributed by atoms with Crippen molar-refractivity contribution >= 4 is 5.82 Å². The fourth-order valence-electron chi connectivity index (χ4n) is 4.52. The van der Waals surface area contributed by atoms with Crippen LogP contribution in [0.5, 0.6) is 0 Å². The molecule has 0 saturated heterocycles. The molecule has 2 aliphatic carbocycles. The lowest BCUT2D eigenvalue weighted by atomic mass is 9.70. The Morgan fingerprint density at radius 2 is 1.92 bits per heavy atom. The fraction of sp³-hybridized carbons (Fsp3) is 0.565. The van der Waals surface area contributed by atoms with Crippen molar-refractivity contribution in [3.63, 3.8) is 0 Å². The number of hydrogen-bond acceptors (Lipinski definition) is 3. The molecule has 0 amide bonds. The Morgan fingerprint density at radius 3 is 2.62 bits per heavy atom. The van der Waals surface area contributed by atoms with Crippen molar-refractivity contribution in [1.82, 2.24) is 9.97 Å². The van der Waals surface area contributed by atoms with Gasteiger partial charge >= 0.3 is 0 Å². The average molecular weight is 350 g/mol. The molecule has 26 heavy (non-hydrogen) atoms. The first kappa shape index (κ1) is 17.5. The van der Waals surface area contributed by atoms with E-state index in [1.54, 1.807) is 0 Å². The number of aromatic nitrogens is 2. The Balaban J connectivity index is 1.81. The van der Waals surface area contributed by atoms with Crippen molar-refractivity contribution in [2.24, 2.45) is 5.92 Å². The van der Waals surface area contributed by atoms with Gasteiger partial charge in [0.1, 0.15) is 11.6 Å². The van der Waals surface area contributed by atoms with Crippen LogP contribution < -0.4 is 4.90 Å². The molecule has 2 aliphatic rings. The SMILES string of the molecule is CCCN(CC1CC1)c1nc(C)nc2c1CCC[C@@]2(C)c1ccccc1. The van der Waals surface area contributed by atoms with E-state index in [9.17, 15) is 0 Å². The van der Waals surface area contributed by atoms with Gasteiger partial charge in [0.25, 0.3) is 0 Å². The molecule has 4 rings (SSSR count). The first-order valence-electron chi connectivity index (χ1n) is 10.3. The predicted molar refractivity (Wildman–Crippen MR) is 108 cm³/mol. The molecule has 1 saturated carbocycles. The van der Waals surface area contributed by atoms with Crippen LogP contribution in [0.2, 0.25) is 0 Å². The highest BCUT2D eigenvalue weighted by molar-refractivity contribution is 5.55. The fourth-order valence-corrected chi connectivity index (χ4v) is 4.52. The van der Waals surface area contributed by atoms with Crippen LogP contribution in [0, 0.1) is 12.8 Å². The molecule has 1 aromatic heterocycles. The standard InChI is InChI=1S/C23H31N3/c1-4-15-26(16-18-12-13-18)22-20-11-8-14-23(3,19-9-6-5-7-10-19)21(20)24-17(2)25-22/h5-7,9-10,18H,4,8,11-16H2,1-3H3/t23-/m0/s1. The van der Waals surface area contributed by atoms with Crippen molar-refractivity contribution in [1.29, 1.82) is 0 Å². The summed E-state index contributed by atoms with van der Waals surface area (Å²) in [5.74, 6) is 3.01. The Hall–Kier alpha value is -1.90. The van der Waals surface area contributed by atoms with E-state index in [0.29, 0.717) is 0 Å². The second-order valence-electron chi connectivity index (χ2n) is 8.36. The molecule has 0 unspecified atom stereocenters. The minimum Gasteiger partial charge on any atom is -0.356 e. The van der Waals surface area contributed by atoms with E-state index in [1.165, 1.54) is 54.9 Å². The van der Waals surface area contributed by atoms with Crippen LogP contribution in [0.4, 0.5) is 5.82 Å².